The Labute approximate surface area is 62.6 Å². The number of hydrogen-bond donors (Lipinski definition) is 0. The van der Waals surface area contributed by atoms with E-state index >= 15 is 0 Å². The molecule has 0 spiro atoms. The average molecular weight is 144 g/mol. The number of likely N-dealkylation sites (N-methyl/N-ethyl adjacent to an activating group) is 2. The van der Waals surface area contributed by atoms with Crippen molar-refractivity contribution in [1.82, 2.24) is 9.80 Å². The van der Waals surface area contributed by atoms with Crippen LogP contribution < -0.4 is 0 Å². The molecular formula is C7H16N2O. The molecule has 0 N–H and O–H groups in total. The Bertz CT molecular complexity index is 102. The smallest absolute Gasteiger partial charge is 0.319 e. The Balaban J connectivity index is 0.000000371. The molecule has 0 unspecified atom stereocenters. The van der Waals surface area contributed by atoms with E-state index in [0.29, 0.717) is 0 Å². The topological polar surface area (TPSA) is 23.6 Å². The molecule has 10 heavy (non-hydrogen) atoms. The minimum Gasteiger partial charge on any atom is -0.326 e. The second-order valence-electron chi connectivity index (χ2n) is 2.13. The molecule has 0 radical (unpaired) electrons. The second-order valence-corrected chi connectivity index (χ2v) is 2.13. The van der Waals surface area contributed by atoms with Gasteiger partial charge in [0.1, 0.15) is 0 Å². The summed E-state index contributed by atoms with van der Waals surface area (Å²) in [5.41, 5.74) is 0. The van der Waals surface area contributed by atoms with Gasteiger partial charge in [0.2, 0.25) is 0 Å². The van der Waals surface area contributed by atoms with Crippen LogP contribution in [0.4, 0.5) is 4.79 Å². The molecule has 0 atom stereocenters. The monoisotopic (exact) mass is 144 g/mol. The first-order chi connectivity index (χ1) is 4.72. The molecule has 0 aromatic heterocycles. The van der Waals surface area contributed by atoms with Crippen molar-refractivity contribution in [2.45, 2.75) is 13.8 Å². The molecular weight excluding hydrogens is 128 g/mol. The third kappa shape index (κ3) is 1.90. The number of rotatable bonds is 0. The zero-order chi connectivity index (χ0) is 8.15. The van der Waals surface area contributed by atoms with Crippen LogP contribution >= 0.6 is 0 Å². The van der Waals surface area contributed by atoms with Gasteiger partial charge < -0.3 is 9.80 Å². The lowest BCUT2D eigenvalue weighted by molar-refractivity contribution is 0.205. The lowest BCUT2D eigenvalue weighted by atomic mass is 10.6. The fourth-order valence-corrected chi connectivity index (χ4v) is 0.783. The van der Waals surface area contributed by atoms with Crippen LogP contribution in [0.15, 0.2) is 0 Å². The Kier molecular flexibility index (Phi) is 3.84. The van der Waals surface area contributed by atoms with E-state index in [9.17, 15) is 4.79 Å². The van der Waals surface area contributed by atoms with Crippen LogP contribution in [0.5, 0.6) is 0 Å². The lowest BCUT2D eigenvalue weighted by Crippen LogP contribution is -2.25. The number of hydrogen-bond acceptors (Lipinski definition) is 1. The van der Waals surface area contributed by atoms with Gasteiger partial charge in [-0.05, 0) is 0 Å². The van der Waals surface area contributed by atoms with Crippen molar-refractivity contribution in [1.29, 1.82) is 0 Å². The van der Waals surface area contributed by atoms with E-state index in [1.165, 1.54) is 0 Å². The van der Waals surface area contributed by atoms with E-state index in [1.54, 1.807) is 9.80 Å². The van der Waals surface area contributed by atoms with Crippen LogP contribution in [-0.4, -0.2) is 43.0 Å². The van der Waals surface area contributed by atoms with Crippen molar-refractivity contribution >= 4 is 6.03 Å². The van der Waals surface area contributed by atoms with Gasteiger partial charge >= 0.3 is 6.03 Å². The maximum atomic E-state index is 10.8. The van der Waals surface area contributed by atoms with Gasteiger partial charge in [-0.15, -0.1) is 0 Å². The van der Waals surface area contributed by atoms with Gasteiger partial charge in [0.05, 0.1) is 0 Å². The molecule has 1 fully saturated rings. The maximum absolute atomic E-state index is 10.8. The van der Waals surface area contributed by atoms with E-state index in [4.69, 9.17) is 0 Å². The highest BCUT2D eigenvalue weighted by Crippen LogP contribution is 2.00. The van der Waals surface area contributed by atoms with Crippen molar-refractivity contribution in [3.05, 3.63) is 0 Å². The Morgan fingerprint density at radius 3 is 1.50 bits per heavy atom. The van der Waals surface area contributed by atoms with Gasteiger partial charge in [0.15, 0.2) is 0 Å². The van der Waals surface area contributed by atoms with Crippen LogP contribution in [0.25, 0.3) is 0 Å². The zero-order valence-corrected chi connectivity index (χ0v) is 7.22. The summed E-state index contributed by atoms with van der Waals surface area (Å²) in [5, 5.41) is 0. The first-order valence-corrected chi connectivity index (χ1v) is 3.68. The fourth-order valence-electron chi connectivity index (χ4n) is 0.783. The van der Waals surface area contributed by atoms with Crippen molar-refractivity contribution in [3.63, 3.8) is 0 Å². The molecule has 0 aromatic rings. The Morgan fingerprint density at radius 2 is 1.40 bits per heavy atom. The zero-order valence-electron chi connectivity index (χ0n) is 7.22. The summed E-state index contributed by atoms with van der Waals surface area (Å²) in [6.45, 7) is 5.74. The largest absolute Gasteiger partial charge is 0.326 e. The number of carbonyl (C=O) groups is 1. The highest BCUT2D eigenvalue weighted by molar-refractivity contribution is 5.75. The molecule has 1 heterocycles. The van der Waals surface area contributed by atoms with Crippen LogP contribution in [-0.2, 0) is 0 Å². The maximum Gasteiger partial charge on any atom is 0.319 e. The van der Waals surface area contributed by atoms with Gasteiger partial charge in [-0.2, -0.15) is 0 Å². The summed E-state index contributed by atoms with van der Waals surface area (Å²) in [6.07, 6.45) is 0. The van der Waals surface area contributed by atoms with Crippen LogP contribution in [0.2, 0.25) is 0 Å². The third-order valence-corrected chi connectivity index (χ3v) is 1.42. The number of carbonyl (C=O) groups excluding carboxylic acids is 1. The summed E-state index contributed by atoms with van der Waals surface area (Å²) < 4.78 is 0. The minimum atomic E-state index is 0.130. The van der Waals surface area contributed by atoms with Gasteiger partial charge in [-0.1, -0.05) is 13.8 Å². The standard InChI is InChI=1S/C5H10N2O.C2H6/c1-6-3-4-7(2)5(6)8;1-2/h3-4H2,1-2H3;1-2H3. The minimum absolute atomic E-state index is 0.130. The molecule has 3 nitrogen and oxygen atoms in total. The first kappa shape index (κ1) is 9.27. The van der Waals surface area contributed by atoms with E-state index in [-0.39, 0.29) is 6.03 Å². The summed E-state index contributed by atoms with van der Waals surface area (Å²) in [7, 11) is 3.62. The number of nitrogens with zero attached hydrogens (tertiary/aromatic N) is 2. The summed E-state index contributed by atoms with van der Waals surface area (Å²) in [4.78, 5) is 14.2. The Hall–Kier alpha value is -0.730. The predicted octanol–water partition coefficient (Wildman–Crippen LogP) is 1.01. The van der Waals surface area contributed by atoms with Crippen LogP contribution in [0.1, 0.15) is 13.8 Å². The van der Waals surface area contributed by atoms with Gasteiger partial charge in [0, 0.05) is 27.2 Å². The molecule has 60 valence electrons. The highest BCUT2D eigenvalue weighted by atomic mass is 16.2. The van der Waals surface area contributed by atoms with Gasteiger partial charge in [0.25, 0.3) is 0 Å². The molecule has 3 heteroatoms. The second kappa shape index (κ2) is 4.14. The van der Waals surface area contributed by atoms with E-state index in [0.717, 1.165) is 13.1 Å². The van der Waals surface area contributed by atoms with Gasteiger partial charge in [-0.25, -0.2) is 4.79 Å². The van der Waals surface area contributed by atoms with Crippen molar-refractivity contribution in [3.8, 4) is 0 Å². The normalized spacial score (nSPS) is 17.0. The van der Waals surface area contributed by atoms with Crippen molar-refractivity contribution in [2.75, 3.05) is 27.2 Å². The molecule has 1 aliphatic heterocycles. The Morgan fingerprint density at radius 1 is 1.10 bits per heavy atom. The lowest BCUT2D eigenvalue weighted by Gasteiger charge is -2.07. The molecule has 2 amide bonds. The fraction of sp³-hybridized carbons (Fsp3) is 0.857. The summed E-state index contributed by atoms with van der Waals surface area (Å²) >= 11 is 0. The SMILES string of the molecule is CC.CN1CCN(C)C1=O. The summed E-state index contributed by atoms with van der Waals surface area (Å²) in [5.74, 6) is 0. The van der Waals surface area contributed by atoms with Crippen LogP contribution in [0, 0.1) is 0 Å². The molecule has 0 aromatic carbocycles. The highest BCUT2D eigenvalue weighted by Gasteiger charge is 2.20. The molecule has 0 bridgehead atoms. The quantitative estimate of drug-likeness (QED) is 0.497. The van der Waals surface area contributed by atoms with Gasteiger partial charge in [-0.3, -0.25) is 0 Å². The van der Waals surface area contributed by atoms with Crippen LogP contribution in [0.3, 0.4) is 0 Å². The first-order valence-electron chi connectivity index (χ1n) is 3.68. The predicted molar refractivity (Wildman–Crippen MR) is 42.0 cm³/mol. The molecule has 1 saturated heterocycles. The van der Waals surface area contributed by atoms with E-state index < -0.39 is 0 Å². The van der Waals surface area contributed by atoms with Crippen molar-refractivity contribution < 1.29 is 4.79 Å². The number of amides is 2. The van der Waals surface area contributed by atoms with E-state index in [1.807, 2.05) is 27.9 Å². The van der Waals surface area contributed by atoms with Crippen molar-refractivity contribution in [2.24, 2.45) is 0 Å². The molecule has 1 aliphatic rings. The molecule has 0 aliphatic carbocycles. The number of urea groups is 1. The average Bonchev–Trinajstić information content (AvgIpc) is 2.25. The molecule has 0 saturated carbocycles. The van der Waals surface area contributed by atoms with E-state index in [2.05, 4.69) is 0 Å². The molecule has 1 rings (SSSR count). The third-order valence-electron chi connectivity index (χ3n) is 1.42. The summed E-state index contributed by atoms with van der Waals surface area (Å²) in [6, 6.07) is 0.130.